The van der Waals surface area contributed by atoms with E-state index in [9.17, 15) is 0 Å². The molecule has 2 aromatic rings. The molecule has 0 aliphatic rings. The summed E-state index contributed by atoms with van der Waals surface area (Å²) in [6.45, 7) is 5.31. The first-order valence-corrected chi connectivity index (χ1v) is 8.00. The van der Waals surface area contributed by atoms with Gasteiger partial charge in [0.1, 0.15) is 0 Å². The normalized spacial score (nSPS) is 10.6. The number of para-hydroxylation sites is 1. The predicted molar refractivity (Wildman–Crippen MR) is 84.5 cm³/mol. The summed E-state index contributed by atoms with van der Waals surface area (Å²) in [5, 5.41) is 5.73. The Kier molecular flexibility index (Phi) is 4.84. The van der Waals surface area contributed by atoms with Crippen molar-refractivity contribution in [3.63, 3.8) is 0 Å². The van der Waals surface area contributed by atoms with Crippen molar-refractivity contribution >= 4 is 33.0 Å². The van der Waals surface area contributed by atoms with Crippen LogP contribution in [0.25, 0.3) is 0 Å². The number of thiophene rings is 1. The third-order valence-electron chi connectivity index (χ3n) is 3.12. The summed E-state index contributed by atoms with van der Waals surface area (Å²) in [6.07, 6.45) is 2.14. The standard InChI is InChI=1S/C15H18BrNS/c1-3-11-6-5-7-12(4-2)15(11)17-10-14-13(16)8-9-18-14/h5-9,17H,3-4,10H2,1-2H3. The van der Waals surface area contributed by atoms with Gasteiger partial charge in [-0.25, -0.2) is 0 Å². The van der Waals surface area contributed by atoms with E-state index < -0.39 is 0 Å². The maximum Gasteiger partial charge on any atom is 0.0505 e. The third-order valence-corrected chi connectivity index (χ3v) is 5.04. The maximum atomic E-state index is 3.61. The Morgan fingerprint density at radius 1 is 1.11 bits per heavy atom. The van der Waals surface area contributed by atoms with Crippen LogP contribution in [0.1, 0.15) is 29.9 Å². The highest BCUT2D eigenvalue weighted by Gasteiger charge is 2.07. The minimum absolute atomic E-state index is 0.891. The van der Waals surface area contributed by atoms with Crippen molar-refractivity contribution in [2.45, 2.75) is 33.2 Å². The van der Waals surface area contributed by atoms with Crippen LogP contribution in [0.2, 0.25) is 0 Å². The number of hydrogen-bond donors (Lipinski definition) is 1. The van der Waals surface area contributed by atoms with Crippen molar-refractivity contribution in [3.05, 3.63) is 50.1 Å². The second-order valence-corrected chi connectivity index (χ2v) is 6.06. The van der Waals surface area contributed by atoms with E-state index in [0.717, 1.165) is 19.4 Å². The molecule has 0 atom stereocenters. The molecular weight excluding hydrogens is 306 g/mol. The molecule has 96 valence electrons. The van der Waals surface area contributed by atoms with E-state index in [0.29, 0.717) is 0 Å². The first-order valence-electron chi connectivity index (χ1n) is 6.32. The molecular formula is C15H18BrNS. The van der Waals surface area contributed by atoms with E-state index in [4.69, 9.17) is 0 Å². The Hall–Kier alpha value is -0.800. The average Bonchev–Trinajstić information content (AvgIpc) is 2.81. The van der Waals surface area contributed by atoms with Gasteiger partial charge in [0.15, 0.2) is 0 Å². The summed E-state index contributed by atoms with van der Waals surface area (Å²) >= 11 is 5.37. The first-order chi connectivity index (χ1) is 8.76. The van der Waals surface area contributed by atoms with Crippen LogP contribution < -0.4 is 5.32 Å². The molecule has 18 heavy (non-hydrogen) atoms. The molecule has 0 aliphatic heterocycles. The minimum atomic E-state index is 0.891. The van der Waals surface area contributed by atoms with Gasteiger partial charge in [-0.1, -0.05) is 32.0 Å². The molecule has 0 aliphatic carbocycles. The molecule has 1 aromatic carbocycles. The van der Waals surface area contributed by atoms with Crippen LogP contribution in [0.5, 0.6) is 0 Å². The van der Waals surface area contributed by atoms with Gasteiger partial charge in [0, 0.05) is 15.0 Å². The molecule has 0 fully saturated rings. The lowest BCUT2D eigenvalue weighted by atomic mass is 10.0. The SMILES string of the molecule is CCc1cccc(CC)c1NCc1sccc1Br. The van der Waals surface area contributed by atoms with E-state index >= 15 is 0 Å². The van der Waals surface area contributed by atoms with Crippen molar-refractivity contribution in [3.8, 4) is 0 Å². The number of halogens is 1. The van der Waals surface area contributed by atoms with Gasteiger partial charge in [-0.15, -0.1) is 11.3 Å². The van der Waals surface area contributed by atoms with Crippen molar-refractivity contribution < 1.29 is 0 Å². The number of rotatable bonds is 5. The van der Waals surface area contributed by atoms with Crippen molar-refractivity contribution in [1.82, 2.24) is 0 Å². The fraction of sp³-hybridized carbons (Fsp3) is 0.333. The first kappa shape index (κ1) is 13.6. The van der Waals surface area contributed by atoms with Gasteiger partial charge in [-0.05, 0) is 51.3 Å². The zero-order chi connectivity index (χ0) is 13.0. The molecule has 1 heterocycles. The van der Waals surface area contributed by atoms with E-state index in [1.54, 1.807) is 11.3 Å². The van der Waals surface area contributed by atoms with Crippen molar-refractivity contribution in [2.75, 3.05) is 5.32 Å². The summed E-state index contributed by atoms with van der Waals surface area (Å²) < 4.78 is 1.20. The smallest absolute Gasteiger partial charge is 0.0505 e. The molecule has 0 saturated heterocycles. The lowest BCUT2D eigenvalue weighted by molar-refractivity contribution is 1.06. The minimum Gasteiger partial charge on any atom is -0.380 e. The Morgan fingerprint density at radius 2 is 1.78 bits per heavy atom. The molecule has 2 rings (SSSR count). The van der Waals surface area contributed by atoms with Gasteiger partial charge in [0.05, 0.1) is 6.54 Å². The van der Waals surface area contributed by atoms with Gasteiger partial charge in [0.25, 0.3) is 0 Å². The second-order valence-electron chi connectivity index (χ2n) is 4.20. The van der Waals surface area contributed by atoms with E-state index in [1.807, 2.05) is 0 Å². The van der Waals surface area contributed by atoms with Gasteiger partial charge in [-0.2, -0.15) is 0 Å². The number of nitrogens with one attached hydrogen (secondary N) is 1. The van der Waals surface area contributed by atoms with Crippen molar-refractivity contribution in [2.24, 2.45) is 0 Å². The highest BCUT2D eigenvalue weighted by Crippen LogP contribution is 2.27. The number of benzene rings is 1. The number of aryl methyl sites for hydroxylation is 2. The van der Waals surface area contributed by atoms with Crippen LogP contribution in [-0.4, -0.2) is 0 Å². The maximum absolute atomic E-state index is 3.61. The Balaban J connectivity index is 2.20. The monoisotopic (exact) mass is 323 g/mol. The fourth-order valence-electron chi connectivity index (χ4n) is 2.09. The Morgan fingerprint density at radius 3 is 2.28 bits per heavy atom. The zero-order valence-electron chi connectivity index (χ0n) is 10.8. The molecule has 1 nitrogen and oxygen atoms in total. The Bertz CT molecular complexity index is 497. The summed E-state index contributed by atoms with van der Waals surface area (Å²) in [5.74, 6) is 0. The van der Waals surface area contributed by atoms with Crippen LogP contribution in [-0.2, 0) is 19.4 Å². The highest BCUT2D eigenvalue weighted by atomic mass is 79.9. The van der Waals surface area contributed by atoms with Crippen LogP contribution in [0.4, 0.5) is 5.69 Å². The summed E-state index contributed by atoms with van der Waals surface area (Å²) in [4.78, 5) is 1.35. The summed E-state index contributed by atoms with van der Waals surface area (Å²) in [7, 11) is 0. The number of anilines is 1. The summed E-state index contributed by atoms with van der Waals surface area (Å²) in [6, 6.07) is 8.69. The molecule has 1 aromatic heterocycles. The topological polar surface area (TPSA) is 12.0 Å². The van der Waals surface area contributed by atoms with Gasteiger partial charge >= 0.3 is 0 Å². The van der Waals surface area contributed by atoms with Crippen LogP contribution in [0.3, 0.4) is 0 Å². The largest absolute Gasteiger partial charge is 0.380 e. The lowest BCUT2D eigenvalue weighted by Crippen LogP contribution is -2.04. The van der Waals surface area contributed by atoms with Crippen LogP contribution in [0.15, 0.2) is 34.1 Å². The van der Waals surface area contributed by atoms with E-state index in [1.165, 1.54) is 26.2 Å². The zero-order valence-corrected chi connectivity index (χ0v) is 13.2. The number of hydrogen-bond acceptors (Lipinski definition) is 2. The average molecular weight is 324 g/mol. The molecule has 0 bridgehead atoms. The van der Waals surface area contributed by atoms with Gasteiger partial charge in [-0.3, -0.25) is 0 Å². The molecule has 0 spiro atoms. The fourth-order valence-corrected chi connectivity index (χ4v) is 3.52. The molecule has 1 N–H and O–H groups in total. The quantitative estimate of drug-likeness (QED) is 0.792. The predicted octanol–water partition coefficient (Wildman–Crippen LogP) is 5.25. The van der Waals surface area contributed by atoms with E-state index in [2.05, 4.69) is 64.7 Å². The molecule has 0 unspecified atom stereocenters. The highest BCUT2D eigenvalue weighted by molar-refractivity contribution is 9.10. The lowest BCUT2D eigenvalue weighted by Gasteiger charge is -2.15. The van der Waals surface area contributed by atoms with Gasteiger partial charge < -0.3 is 5.32 Å². The molecule has 0 amide bonds. The summed E-state index contributed by atoms with van der Waals surface area (Å²) in [5.41, 5.74) is 4.13. The molecule has 0 radical (unpaired) electrons. The molecule has 3 heteroatoms. The van der Waals surface area contributed by atoms with E-state index in [-0.39, 0.29) is 0 Å². The Labute approximate surface area is 121 Å². The van der Waals surface area contributed by atoms with Gasteiger partial charge in [0.2, 0.25) is 0 Å². The third kappa shape index (κ3) is 2.96. The van der Waals surface area contributed by atoms with Crippen LogP contribution >= 0.6 is 27.3 Å². The van der Waals surface area contributed by atoms with Crippen molar-refractivity contribution in [1.29, 1.82) is 0 Å². The molecule has 0 saturated carbocycles. The van der Waals surface area contributed by atoms with Crippen LogP contribution in [0, 0.1) is 0 Å². The second kappa shape index (κ2) is 6.39.